The monoisotopic (exact) mass is 228 g/mol. The number of benzene rings is 1. The first-order chi connectivity index (χ1) is 7.49. The average molecular weight is 228 g/mol. The molecule has 0 aliphatic carbocycles. The van der Waals surface area contributed by atoms with Crippen LogP contribution in [-0.4, -0.2) is 17.5 Å². The van der Waals surface area contributed by atoms with Gasteiger partial charge < -0.3 is 10.5 Å². The lowest BCUT2D eigenvalue weighted by Crippen LogP contribution is -2.12. The van der Waals surface area contributed by atoms with Gasteiger partial charge in [0.2, 0.25) is 0 Å². The van der Waals surface area contributed by atoms with Gasteiger partial charge in [-0.1, -0.05) is 0 Å². The summed E-state index contributed by atoms with van der Waals surface area (Å²) in [6, 6.07) is 1.91. The average Bonchev–Trinajstić information content (AvgIpc) is 2.20. The Morgan fingerprint density at radius 3 is 2.75 bits per heavy atom. The molecule has 7 heteroatoms. The molecule has 0 spiro atoms. The summed E-state index contributed by atoms with van der Waals surface area (Å²) in [5.41, 5.74) is 3.52. The lowest BCUT2D eigenvalue weighted by Gasteiger charge is -2.05. The number of carbonyl (C=O) groups is 1. The highest BCUT2D eigenvalue weighted by molar-refractivity contribution is 5.96. The third kappa shape index (κ3) is 2.08. The Kier molecular flexibility index (Phi) is 3.39. The highest BCUT2D eigenvalue weighted by Gasteiger charge is 2.28. The Hall–Kier alpha value is -2.18. The Morgan fingerprint density at radius 1 is 1.62 bits per heavy atom. The lowest BCUT2D eigenvalue weighted by atomic mass is 10.1. The molecular formula is C9H9FN2O4. The maximum Gasteiger partial charge on any atom is 0.348 e. The van der Waals surface area contributed by atoms with Crippen LogP contribution in [0.1, 0.15) is 17.3 Å². The van der Waals surface area contributed by atoms with Crippen molar-refractivity contribution in [2.75, 3.05) is 12.3 Å². The lowest BCUT2D eigenvalue weighted by molar-refractivity contribution is -0.384. The molecule has 1 aromatic rings. The molecular weight excluding hydrogens is 219 g/mol. The maximum absolute atomic E-state index is 13.3. The van der Waals surface area contributed by atoms with Gasteiger partial charge in [0.25, 0.3) is 0 Å². The van der Waals surface area contributed by atoms with Crippen molar-refractivity contribution in [2.24, 2.45) is 0 Å². The molecule has 2 N–H and O–H groups in total. The molecule has 0 fully saturated rings. The summed E-state index contributed by atoms with van der Waals surface area (Å²) in [7, 11) is 0. The van der Waals surface area contributed by atoms with Crippen LogP contribution in [0.3, 0.4) is 0 Å². The van der Waals surface area contributed by atoms with Crippen molar-refractivity contribution in [2.45, 2.75) is 6.92 Å². The summed E-state index contributed by atoms with van der Waals surface area (Å²) >= 11 is 0. The number of esters is 1. The number of nitro groups is 1. The number of ether oxygens (including phenoxy) is 1. The van der Waals surface area contributed by atoms with Crippen LogP contribution in [-0.2, 0) is 4.74 Å². The van der Waals surface area contributed by atoms with Gasteiger partial charge in [-0.2, -0.15) is 0 Å². The van der Waals surface area contributed by atoms with Crippen molar-refractivity contribution in [3.05, 3.63) is 33.6 Å². The quantitative estimate of drug-likeness (QED) is 0.366. The number of nitrogen functional groups attached to an aromatic ring is 1. The molecule has 86 valence electrons. The van der Waals surface area contributed by atoms with E-state index in [1.54, 1.807) is 0 Å². The van der Waals surface area contributed by atoms with Gasteiger partial charge >= 0.3 is 11.7 Å². The maximum atomic E-state index is 13.3. The fraction of sp³-hybridized carbons (Fsp3) is 0.222. The minimum absolute atomic E-state index is 0.00970. The minimum Gasteiger partial charge on any atom is -0.462 e. The summed E-state index contributed by atoms with van der Waals surface area (Å²) in [4.78, 5) is 21.1. The summed E-state index contributed by atoms with van der Waals surface area (Å²) in [5, 5.41) is 10.7. The number of nitrogens with two attached hydrogens (primary N) is 1. The standard InChI is InChI=1S/C9H9FN2O4/c1-2-16-9(13)7-5(10)3-4-6(11)8(7)12(14)15/h3-4H,2,11H2,1H3. The van der Waals surface area contributed by atoms with Gasteiger partial charge in [0.15, 0.2) is 5.56 Å². The molecule has 0 saturated carbocycles. The first-order valence-electron chi connectivity index (χ1n) is 4.38. The molecule has 1 rings (SSSR count). The normalized spacial score (nSPS) is 9.88. The molecule has 0 amide bonds. The van der Waals surface area contributed by atoms with Gasteiger partial charge in [-0.05, 0) is 19.1 Å². The Labute approximate surface area is 90.0 Å². The van der Waals surface area contributed by atoms with Crippen molar-refractivity contribution in [3.63, 3.8) is 0 Å². The van der Waals surface area contributed by atoms with E-state index >= 15 is 0 Å². The molecule has 0 aliphatic heterocycles. The zero-order chi connectivity index (χ0) is 12.3. The van der Waals surface area contributed by atoms with Gasteiger partial charge in [0, 0.05) is 0 Å². The number of anilines is 1. The Balaban J connectivity index is 3.40. The zero-order valence-electron chi connectivity index (χ0n) is 8.40. The van der Waals surface area contributed by atoms with Crippen LogP contribution >= 0.6 is 0 Å². The summed E-state index contributed by atoms with van der Waals surface area (Å²) < 4.78 is 17.8. The van der Waals surface area contributed by atoms with E-state index < -0.39 is 28.0 Å². The van der Waals surface area contributed by atoms with Crippen molar-refractivity contribution in [1.29, 1.82) is 0 Å². The highest BCUT2D eigenvalue weighted by atomic mass is 19.1. The highest BCUT2D eigenvalue weighted by Crippen LogP contribution is 2.28. The predicted molar refractivity (Wildman–Crippen MR) is 53.4 cm³/mol. The van der Waals surface area contributed by atoms with Gasteiger partial charge in [-0.3, -0.25) is 10.1 Å². The van der Waals surface area contributed by atoms with Crippen LogP contribution in [0, 0.1) is 15.9 Å². The van der Waals surface area contributed by atoms with E-state index in [-0.39, 0.29) is 12.3 Å². The summed E-state index contributed by atoms with van der Waals surface area (Å²) in [6.45, 7) is 1.50. The molecule has 1 aromatic carbocycles. The van der Waals surface area contributed by atoms with E-state index in [2.05, 4.69) is 4.74 Å². The van der Waals surface area contributed by atoms with E-state index in [1.807, 2.05) is 0 Å². The first kappa shape index (κ1) is 11.9. The van der Waals surface area contributed by atoms with Crippen LogP contribution in [0.4, 0.5) is 15.8 Å². The molecule has 0 atom stereocenters. The fourth-order valence-corrected chi connectivity index (χ4v) is 1.18. The van der Waals surface area contributed by atoms with Gasteiger partial charge in [0.05, 0.1) is 11.5 Å². The van der Waals surface area contributed by atoms with Crippen molar-refractivity contribution in [3.8, 4) is 0 Å². The fourth-order valence-electron chi connectivity index (χ4n) is 1.18. The molecule has 6 nitrogen and oxygen atoms in total. The summed E-state index contributed by atoms with van der Waals surface area (Å²) in [6.07, 6.45) is 0. The summed E-state index contributed by atoms with van der Waals surface area (Å²) in [5.74, 6) is -2.13. The topological polar surface area (TPSA) is 95.5 Å². The van der Waals surface area contributed by atoms with E-state index in [9.17, 15) is 19.3 Å². The van der Waals surface area contributed by atoms with Crippen molar-refractivity contribution >= 4 is 17.3 Å². The second-order valence-corrected chi connectivity index (χ2v) is 2.84. The number of nitro benzene ring substituents is 1. The van der Waals surface area contributed by atoms with Crippen LogP contribution < -0.4 is 5.73 Å². The molecule has 16 heavy (non-hydrogen) atoms. The third-order valence-corrected chi connectivity index (χ3v) is 1.82. The number of hydrogen-bond donors (Lipinski definition) is 1. The number of rotatable bonds is 3. The second-order valence-electron chi connectivity index (χ2n) is 2.84. The second kappa shape index (κ2) is 4.56. The number of nitrogens with zero attached hydrogens (tertiary/aromatic N) is 1. The predicted octanol–water partition coefficient (Wildman–Crippen LogP) is 1.49. The van der Waals surface area contributed by atoms with E-state index in [0.29, 0.717) is 0 Å². The van der Waals surface area contributed by atoms with Crippen molar-refractivity contribution < 1.29 is 18.8 Å². The Bertz CT molecular complexity index is 447. The van der Waals surface area contributed by atoms with Gasteiger partial charge in [-0.25, -0.2) is 9.18 Å². The van der Waals surface area contributed by atoms with Crippen LogP contribution in [0.25, 0.3) is 0 Å². The van der Waals surface area contributed by atoms with E-state index in [4.69, 9.17) is 5.73 Å². The van der Waals surface area contributed by atoms with E-state index in [1.165, 1.54) is 6.92 Å². The van der Waals surface area contributed by atoms with Crippen molar-refractivity contribution in [1.82, 2.24) is 0 Å². The molecule has 0 radical (unpaired) electrons. The smallest absolute Gasteiger partial charge is 0.348 e. The number of carbonyl (C=O) groups excluding carboxylic acids is 1. The molecule has 0 aromatic heterocycles. The van der Waals surface area contributed by atoms with E-state index in [0.717, 1.165) is 12.1 Å². The van der Waals surface area contributed by atoms with Gasteiger partial charge in [-0.15, -0.1) is 0 Å². The molecule has 0 unspecified atom stereocenters. The SMILES string of the molecule is CCOC(=O)c1c(F)ccc(N)c1[N+](=O)[O-]. The molecule has 0 saturated heterocycles. The molecule has 0 aliphatic rings. The number of halogens is 1. The van der Waals surface area contributed by atoms with Crippen LogP contribution in [0.15, 0.2) is 12.1 Å². The first-order valence-corrected chi connectivity index (χ1v) is 4.38. The largest absolute Gasteiger partial charge is 0.462 e. The van der Waals surface area contributed by atoms with Crippen LogP contribution in [0.2, 0.25) is 0 Å². The molecule has 0 heterocycles. The zero-order valence-corrected chi connectivity index (χ0v) is 8.40. The third-order valence-electron chi connectivity index (χ3n) is 1.82. The Morgan fingerprint density at radius 2 is 2.25 bits per heavy atom. The number of hydrogen-bond acceptors (Lipinski definition) is 5. The van der Waals surface area contributed by atoms with Gasteiger partial charge in [0.1, 0.15) is 11.5 Å². The minimum atomic E-state index is -1.10. The molecule has 0 bridgehead atoms. The van der Waals surface area contributed by atoms with Crippen LogP contribution in [0.5, 0.6) is 0 Å².